The Bertz CT molecular complexity index is 3870. The Morgan fingerprint density at radius 3 is 1.71 bits per heavy atom. The zero-order valence-electron chi connectivity index (χ0n) is 44.1. The third-order valence-electron chi connectivity index (χ3n) is 17.4. The lowest BCUT2D eigenvalue weighted by Crippen LogP contribution is -2.60. The van der Waals surface area contributed by atoms with Crippen molar-refractivity contribution in [3.8, 4) is 22.6 Å². The maximum atomic E-state index is 7.11. The summed E-state index contributed by atoms with van der Waals surface area (Å²) in [7, 11) is 0. The van der Waals surface area contributed by atoms with Crippen LogP contribution in [0.2, 0.25) is 0 Å². The fourth-order valence-electron chi connectivity index (χ4n) is 13.3. The minimum absolute atomic E-state index is 0.0254. The monoisotopic (exact) mass is 989 g/mol. The predicted octanol–water partition coefficient (Wildman–Crippen LogP) is 17.5. The van der Waals surface area contributed by atoms with Gasteiger partial charge in [-0.3, -0.25) is 0 Å². The Hall–Kier alpha value is -7.80. The molecular weight excluding hydrogens is 930 g/mol. The summed E-state index contributed by atoms with van der Waals surface area (Å²) in [6.45, 7) is 19.0. The molecule has 0 saturated heterocycles. The number of fused-ring (bicyclic) bond motifs is 9. The topological polar surface area (TPSA) is 19.0 Å². The van der Waals surface area contributed by atoms with Crippen LogP contribution in [0.3, 0.4) is 0 Å². The molecule has 10 aromatic rings. The minimum Gasteiger partial charge on any atom is -0.457 e. The molecule has 1 aliphatic carbocycles. The predicted molar refractivity (Wildman–Crippen MR) is 319 cm³/mol. The van der Waals surface area contributed by atoms with Gasteiger partial charge in [0.1, 0.15) is 11.5 Å². The highest BCUT2D eigenvalue weighted by Gasteiger charge is 2.49. The standard InChI is InChI=1S/C69H60BN3OS/c1-43-21-20-22-44(2)64(43)73-57-40-55-61(74-60-30-19-18-29-52(60)69(55,7)8)42-56(57)70-63-58(37-50(38-59(63)73)71(47-25-14-10-15-26-47)48-27-16-11-17-28-48)72(49-33-31-46(32-34-49)45-23-12-9-13-24-45)65-51-39-53-54(41-62(51)75-66(65)70)68(5,6)36-35-67(53,3)4/h9-34,37-42H,35-36H2,1-8H3. The number of benzene rings is 9. The number of hydrogen-bond acceptors (Lipinski definition) is 5. The molecule has 0 atom stereocenters. The normalized spacial score (nSPS) is 16.0. The second-order valence-corrected chi connectivity index (χ2v) is 24.4. The Morgan fingerprint density at radius 2 is 1.05 bits per heavy atom. The molecule has 3 aliphatic heterocycles. The average Bonchev–Trinajstić information content (AvgIpc) is 4.04. The molecular formula is C69H60BN3OS. The molecule has 1 aromatic heterocycles. The van der Waals surface area contributed by atoms with Crippen molar-refractivity contribution in [2.45, 2.75) is 84.5 Å². The highest BCUT2D eigenvalue weighted by atomic mass is 32.1. The van der Waals surface area contributed by atoms with E-state index in [0.717, 1.165) is 47.1 Å². The van der Waals surface area contributed by atoms with Crippen molar-refractivity contribution in [1.82, 2.24) is 0 Å². The largest absolute Gasteiger partial charge is 0.457 e. The van der Waals surface area contributed by atoms with E-state index in [9.17, 15) is 0 Å². The summed E-state index contributed by atoms with van der Waals surface area (Å²) in [5, 5.41) is 1.32. The third-order valence-corrected chi connectivity index (χ3v) is 18.6. The molecule has 0 fully saturated rings. The number of thiophene rings is 1. The Kier molecular flexibility index (Phi) is 10.1. The van der Waals surface area contributed by atoms with Crippen molar-refractivity contribution in [3.63, 3.8) is 0 Å². The Balaban J connectivity index is 1.14. The molecule has 0 N–H and O–H groups in total. The van der Waals surface area contributed by atoms with Crippen molar-refractivity contribution < 1.29 is 4.74 Å². The van der Waals surface area contributed by atoms with Crippen LogP contribution in [-0.4, -0.2) is 6.71 Å². The van der Waals surface area contributed by atoms with Gasteiger partial charge in [0.15, 0.2) is 0 Å². The lowest BCUT2D eigenvalue weighted by atomic mass is 9.36. The van der Waals surface area contributed by atoms with Crippen LogP contribution < -0.4 is 35.1 Å². The molecule has 75 heavy (non-hydrogen) atoms. The average molecular weight is 990 g/mol. The van der Waals surface area contributed by atoms with Gasteiger partial charge in [0.25, 0.3) is 6.71 Å². The number of rotatable bonds is 6. The van der Waals surface area contributed by atoms with Crippen LogP contribution in [-0.2, 0) is 16.2 Å². The summed E-state index contributed by atoms with van der Waals surface area (Å²) in [6.07, 6.45) is 2.31. The summed E-state index contributed by atoms with van der Waals surface area (Å²) in [6, 6.07) is 72.4. The smallest absolute Gasteiger partial charge is 0.264 e. The summed E-state index contributed by atoms with van der Waals surface area (Å²) in [5.41, 5.74) is 22.9. The zero-order valence-corrected chi connectivity index (χ0v) is 44.9. The highest BCUT2D eigenvalue weighted by molar-refractivity contribution is 7.33. The number of hydrogen-bond donors (Lipinski definition) is 0. The molecule has 4 heterocycles. The minimum atomic E-state index is -0.326. The first kappa shape index (κ1) is 45.8. The van der Waals surface area contributed by atoms with Crippen molar-refractivity contribution >= 4 is 95.0 Å². The second kappa shape index (κ2) is 16.6. The fourth-order valence-corrected chi connectivity index (χ4v) is 14.6. The van der Waals surface area contributed by atoms with Gasteiger partial charge < -0.3 is 19.4 Å². The summed E-state index contributed by atoms with van der Waals surface area (Å²) in [5.74, 6) is 1.86. The van der Waals surface area contributed by atoms with Gasteiger partial charge in [-0.15, -0.1) is 11.3 Å². The number of para-hydroxylation sites is 4. The molecule has 0 amide bonds. The highest BCUT2D eigenvalue weighted by Crippen LogP contribution is 2.56. The van der Waals surface area contributed by atoms with Crippen LogP contribution in [0.25, 0.3) is 21.2 Å². The third kappa shape index (κ3) is 6.95. The van der Waals surface area contributed by atoms with Crippen LogP contribution in [0.4, 0.5) is 51.2 Å². The van der Waals surface area contributed by atoms with E-state index < -0.39 is 0 Å². The van der Waals surface area contributed by atoms with Gasteiger partial charge in [0.05, 0.1) is 17.1 Å². The molecule has 366 valence electrons. The molecule has 0 bridgehead atoms. The van der Waals surface area contributed by atoms with Gasteiger partial charge in [-0.1, -0.05) is 157 Å². The molecule has 4 aliphatic rings. The van der Waals surface area contributed by atoms with E-state index in [-0.39, 0.29) is 23.0 Å². The zero-order chi connectivity index (χ0) is 51.1. The van der Waals surface area contributed by atoms with Gasteiger partial charge in [-0.25, -0.2) is 0 Å². The second-order valence-electron chi connectivity index (χ2n) is 23.3. The van der Waals surface area contributed by atoms with E-state index in [1.807, 2.05) is 11.3 Å². The van der Waals surface area contributed by atoms with E-state index in [1.54, 1.807) is 0 Å². The Morgan fingerprint density at radius 1 is 0.480 bits per heavy atom. The maximum Gasteiger partial charge on any atom is 0.264 e. The number of anilines is 9. The Labute approximate surface area is 446 Å². The maximum absolute atomic E-state index is 7.11. The van der Waals surface area contributed by atoms with E-state index in [2.05, 4.69) is 264 Å². The molecule has 0 spiro atoms. The number of aryl methyl sites for hydroxylation is 2. The van der Waals surface area contributed by atoms with Crippen molar-refractivity contribution in [1.29, 1.82) is 0 Å². The molecule has 14 rings (SSSR count). The quantitative estimate of drug-likeness (QED) is 0.155. The van der Waals surface area contributed by atoms with Crippen LogP contribution in [0, 0.1) is 13.8 Å². The first-order valence-corrected chi connectivity index (χ1v) is 27.6. The lowest BCUT2D eigenvalue weighted by Gasteiger charge is -2.46. The van der Waals surface area contributed by atoms with Crippen LogP contribution >= 0.6 is 11.3 Å². The van der Waals surface area contributed by atoms with Gasteiger partial charge >= 0.3 is 0 Å². The first-order valence-electron chi connectivity index (χ1n) is 26.7. The lowest BCUT2D eigenvalue weighted by molar-refractivity contribution is 0.332. The molecule has 6 heteroatoms. The van der Waals surface area contributed by atoms with Crippen LogP contribution in [0.15, 0.2) is 194 Å². The number of nitrogens with zero attached hydrogens (tertiary/aromatic N) is 3. The summed E-state index contributed by atoms with van der Waals surface area (Å²) < 4.78 is 9.81. The molecule has 4 nitrogen and oxygen atoms in total. The van der Waals surface area contributed by atoms with Gasteiger partial charge in [0.2, 0.25) is 0 Å². The number of ether oxygens (including phenoxy) is 1. The fraction of sp³-hybridized carbons (Fsp3) is 0.188. The molecule has 9 aromatic carbocycles. The van der Waals surface area contributed by atoms with E-state index in [1.165, 1.54) is 98.7 Å². The van der Waals surface area contributed by atoms with Crippen molar-refractivity contribution in [2.75, 3.05) is 14.7 Å². The van der Waals surface area contributed by atoms with Crippen molar-refractivity contribution in [3.05, 3.63) is 228 Å². The molecule has 0 saturated carbocycles. The SMILES string of the molecule is Cc1cccc(C)c1N1c2cc3c(cc2B2c4sc5cc6c(cc5c4N(c4ccc(-c5ccccc5)cc4)c4cc(N(c5ccccc5)c5ccccc5)cc1c42)C(C)(C)CCC6(C)C)Oc1ccccc1C3(C)C. The van der Waals surface area contributed by atoms with Gasteiger partial charge in [-0.2, -0.15) is 0 Å². The summed E-state index contributed by atoms with van der Waals surface area (Å²) in [4.78, 5) is 7.72. The van der Waals surface area contributed by atoms with E-state index in [0.29, 0.717) is 0 Å². The van der Waals surface area contributed by atoms with Gasteiger partial charge in [0, 0.05) is 65.5 Å². The van der Waals surface area contributed by atoms with E-state index >= 15 is 0 Å². The molecule has 0 unspecified atom stereocenters. The summed E-state index contributed by atoms with van der Waals surface area (Å²) >= 11 is 2.00. The van der Waals surface area contributed by atoms with Crippen LogP contribution in [0.1, 0.15) is 87.8 Å². The van der Waals surface area contributed by atoms with Crippen molar-refractivity contribution in [2.24, 2.45) is 0 Å². The van der Waals surface area contributed by atoms with Gasteiger partial charge in [-0.05, 0) is 161 Å². The first-order chi connectivity index (χ1) is 36.3. The van der Waals surface area contributed by atoms with E-state index in [4.69, 9.17) is 4.74 Å². The molecule has 0 radical (unpaired) electrons. The van der Waals surface area contributed by atoms with Crippen LogP contribution in [0.5, 0.6) is 11.5 Å².